The number of carbonyl (C=O) groups is 1. The molecule has 0 atom stereocenters. The highest BCUT2D eigenvalue weighted by Crippen LogP contribution is 2.22. The van der Waals surface area contributed by atoms with Crippen LogP contribution in [0.1, 0.15) is 32.1 Å². The molecule has 2 aromatic carbocycles. The topological polar surface area (TPSA) is 70.5 Å². The number of fused-ring (bicyclic) bond motifs is 1. The van der Waals surface area contributed by atoms with E-state index in [1.807, 2.05) is 42.5 Å². The maximum Gasteiger partial charge on any atom is 0.262 e. The molecule has 196 valence electrons. The Bertz CT molecular complexity index is 1290. The molecule has 2 heterocycles. The molecule has 0 spiro atoms. The van der Waals surface area contributed by atoms with E-state index in [1.54, 1.807) is 4.57 Å². The molecule has 37 heavy (non-hydrogen) atoms. The van der Waals surface area contributed by atoms with Crippen molar-refractivity contribution in [3.8, 4) is 0 Å². The monoisotopic (exact) mass is 539 g/mol. The van der Waals surface area contributed by atoms with Crippen LogP contribution in [0.2, 0.25) is 5.02 Å². The van der Waals surface area contributed by atoms with E-state index in [2.05, 4.69) is 21.2 Å². The van der Waals surface area contributed by atoms with E-state index in [0.29, 0.717) is 28.6 Å². The minimum Gasteiger partial charge on any atom is -0.369 e. The van der Waals surface area contributed by atoms with Crippen LogP contribution in [-0.2, 0) is 11.3 Å². The van der Waals surface area contributed by atoms with Crippen molar-refractivity contribution in [2.75, 3.05) is 43.4 Å². The highest BCUT2D eigenvalue weighted by Gasteiger charge is 2.20. The van der Waals surface area contributed by atoms with Gasteiger partial charge in [0.15, 0.2) is 5.16 Å². The highest BCUT2D eigenvalue weighted by molar-refractivity contribution is 7.99. The maximum absolute atomic E-state index is 13.4. The number of nitrogens with zero attached hydrogens (tertiary/aromatic N) is 4. The summed E-state index contributed by atoms with van der Waals surface area (Å²) >= 11 is 7.53. The number of halogens is 1. The lowest BCUT2D eigenvalue weighted by molar-refractivity contribution is -0.119. The maximum atomic E-state index is 13.4. The number of amides is 1. The first-order valence-electron chi connectivity index (χ1n) is 13.2. The van der Waals surface area contributed by atoms with E-state index in [4.69, 9.17) is 16.6 Å². The SMILES string of the molecule is O=C(CSc1nc2ccccc2c(=O)n1CCCN1CCN(c2cccc(Cl)c2)CC1)NC1CCCC1. The molecule has 0 radical (unpaired) electrons. The van der Waals surface area contributed by atoms with E-state index in [-0.39, 0.29) is 17.2 Å². The van der Waals surface area contributed by atoms with Crippen LogP contribution in [0.3, 0.4) is 0 Å². The largest absolute Gasteiger partial charge is 0.369 e. The van der Waals surface area contributed by atoms with Crippen LogP contribution >= 0.6 is 23.4 Å². The minimum absolute atomic E-state index is 0.0171. The van der Waals surface area contributed by atoms with Crippen LogP contribution in [0.4, 0.5) is 5.69 Å². The Morgan fingerprint density at radius 1 is 1.03 bits per heavy atom. The molecule has 0 unspecified atom stereocenters. The Kier molecular flexibility index (Phi) is 8.69. The number of para-hydroxylation sites is 1. The van der Waals surface area contributed by atoms with Crippen molar-refractivity contribution in [3.63, 3.8) is 0 Å². The van der Waals surface area contributed by atoms with Crippen molar-refractivity contribution in [2.24, 2.45) is 0 Å². The summed E-state index contributed by atoms with van der Waals surface area (Å²) in [5, 5.41) is 5.14. The van der Waals surface area contributed by atoms with Crippen LogP contribution in [0, 0.1) is 0 Å². The number of hydrogen-bond acceptors (Lipinski definition) is 6. The van der Waals surface area contributed by atoms with Gasteiger partial charge in [-0.3, -0.25) is 19.1 Å². The number of anilines is 1. The molecule has 0 bridgehead atoms. The minimum atomic E-state index is -0.0323. The Morgan fingerprint density at radius 3 is 2.59 bits per heavy atom. The number of thioether (sulfide) groups is 1. The van der Waals surface area contributed by atoms with Gasteiger partial charge < -0.3 is 10.2 Å². The van der Waals surface area contributed by atoms with E-state index >= 15 is 0 Å². The van der Waals surface area contributed by atoms with Gasteiger partial charge in [-0.1, -0.05) is 54.4 Å². The second kappa shape index (κ2) is 12.3. The molecule has 1 aliphatic heterocycles. The van der Waals surface area contributed by atoms with Gasteiger partial charge in [-0.2, -0.15) is 0 Å². The normalized spacial score (nSPS) is 16.9. The van der Waals surface area contributed by atoms with Crippen molar-refractivity contribution in [1.29, 1.82) is 0 Å². The molecule has 1 N–H and O–H groups in total. The van der Waals surface area contributed by atoms with Crippen molar-refractivity contribution in [2.45, 2.75) is 49.8 Å². The predicted molar refractivity (Wildman–Crippen MR) is 152 cm³/mol. The van der Waals surface area contributed by atoms with Gasteiger partial charge in [0.05, 0.1) is 16.7 Å². The van der Waals surface area contributed by atoms with E-state index in [0.717, 1.165) is 57.0 Å². The molecule has 2 aliphatic rings. The first kappa shape index (κ1) is 26.1. The average molecular weight is 540 g/mol. The fourth-order valence-electron chi connectivity index (χ4n) is 5.28. The van der Waals surface area contributed by atoms with Crippen LogP contribution in [0.15, 0.2) is 58.5 Å². The Balaban J connectivity index is 1.20. The lowest BCUT2D eigenvalue weighted by Gasteiger charge is -2.36. The van der Waals surface area contributed by atoms with Gasteiger partial charge in [0.25, 0.3) is 5.56 Å². The fraction of sp³-hybridized carbons (Fsp3) is 0.464. The highest BCUT2D eigenvalue weighted by atomic mass is 35.5. The molecule has 3 aromatic rings. The van der Waals surface area contributed by atoms with E-state index in [1.165, 1.54) is 30.3 Å². The van der Waals surface area contributed by atoms with Crippen LogP contribution in [-0.4, -0.2) is 64.9 Å². The summed E-state index contributed by atoms with van der Waals surface area (Å²) in [5.41, 5.74) is 1.81. The second-order valence-electron chi connectivity index (χ2n) is 9.87. The summed E-state index contributed by atoms with van der Waals surface area (Å²) in [6, 6.07) is 15.8. The first-order valence-corrected chi connectivity index (χ1v) is 14.6. The van der Waals surface area contributed by atoms with Crippen molar-refractivity contribution >= 4 is 45.9 Å². The Morgan fingerprint density at radius 2 is 1.81 bits per heavy atom. The standard InChI is InChI=1S/C28H34ClN5O2S/c29-21-7-5-10-23(19-21)33-17-15-32(16-18-33)13-6-14-34-27(36)24-11-3-4-12-25(24)31-28(34)37-20-26(35)30-22-8-1-2-9-22/h3-5,7,10-12,19,22H,1-2,6,8-9,13-18,20H2,(H,30,35). The molecule has 2 fully saturated rings. The number of nitrogens with one attached hydrogen (secondary N) is 1. The number of carbonyl (C=O) groups excluding carboxylic acids is 1. The van der Waals surface area contributed by atoms with Crippen molar-refractivity contribution in [1.82, 2.24) is 19.8 Å². The van der Waals surface area contributed by atoms with Crippen LogP contribution < -0.4 is 15.8 Å². The number of hydrogen-bond donors (Lipinski definition) is 1. The molecule has 1 saturated heterocycles. The molecule has 7 nitrogen and oxygen atoms in total. The summed E-state index contributed by atoms with van der Waals surface area (Å²) < 4.78 is 1.76. The van der Waals surface area contributed by atoms with Crippen LogP contribution in [0.25, 0.3) is 10.9 Å². The number of piperazine rings is 1. The summed E-state index contributed by atoms with van der Waals surface area (Å²) in [7, 11) is 0. The quantitative estimate of drug-likeness (QED) is 0.321. The third-order valence-corrected chi connectivity index (χ3v) is 8.49. The Labute approximate surface area is 227 Å². The average Bonchev–Trinajstić information content (AvgIpc) is 3.42. The number of rotatable bonds is 9. The molecular formula is C28H34ClN5O2S. The fourth-order valence-corrected chi connectivity index (χ4v) is 6.30. The van der Waals surface area contributed by atoms with Gasteiger partial charge in [0.2, 0.25) is 5.91 Å². The molecule has 9 heteroatoms. The zero-order valence-electron chi connectivity index (χ0n) is 21.1. The lowest BCUT2D eigenvalue weighted by atomic mass is 10.2. The molecule has 1 aliphatic carbocycles. The third kappa shape index (κ3) is 6.67. The van der Waals surface area contributed by atoms with Gasteiger partial charge in [0.1, 0.15) is 0 Å². The third-order valence-electron chi connectivity index (χ3n) is 7.28. The Hall–Kier alpha value is -2.55. The van der Waals surface area contributed by atoms with E-state index < -0.39 is 0 Å². The van der Waals surface area contributed by atoms with Gasteiger partial charge in [-0.05, 0) is 56.1 Å². The summed E-state index contributed by atoms with van der Waals surface area (Å²) in [4.78, 5) is 35.5. The zero-order chi connectivity index (χ0) is 25.6. The van der Waals surface area contributed by atoms with Gasteiger partial charge in [-0.15, -0.1) is 0 Å². The van der Waals surface area contributed by atoms with E-state index in [9.17, 15) is 9.59 Å². The van der Waals surface area contributed by atoms with Gasteiger partial charge in [-0.25, -0.2) is 4.98 Å². The molecule has 5 rings (SSSR count). The summed E-state index contributed by atoms with van der Waals surface area (Å²) in [5.74, 6) is 0.288. The summed E-state index contributed by atoms with van der Waals surface area (Å²) in [6.45, 7) is 5.34. The lowest BCUT2D eigenvalue weighted by Crippen LogP contribution is -2.46. The molecular weight excluding hydrogens is 506 g/mol. The second-order valence-corrected chi connectivity index (χ2v) is 11.2. The molecule has 1 saturated carbocycles. The number of benzene rings is 2. The first-order chi connectivity index (χ1) is 18.1. The van der Waals surface area contributed by atoms with Crippen molar-refractivity contribution in [3.05, 3.63) is 63.9 Å². The van der Waals surface area contributed by atoms with Crippen LogP contribution in [0.5, 0.6) is 0 Å². The smallest absolute Gasteiger partial charge is 0.262 e. The summed E-state index contributed by atoms with van der Waals surface area (Å²) in [6.07, 6.45) is 5.32. The zero-order valence-corrected chi connectivity index (χ0v) is 22.6. The van der Waals surface area contributed by atoms with Crippen molar-refractivity contribution < 1.29 is 4.79 Å². The molecule has 1 aromatic heterocycles. The van der Waals surface area contributed by atoms with Gasteiger partial charge in [0, 0.05) is 49.5 Å². The molecule has 1 amide bonds. The number of aromatic nitrogens is 2. The predicted octanol–water partition coefficient (Wildman–Crippen LogP) is 4.41. The van der Waals surface area contributed by atoms with Gasteiger partial charge >= 0.3 is 0 Å².